The molecule has 16 nitrogen and oxygen atoms in total. The average molecular weight is 759 g/mol. The maximum atomic E-state index is 13.4. The molecule has 1 aliphatic carbocycles. The van der Waals surface area contributed by atoms with Crippen LogP contribution in [0.5, 0.6) is 0 Å². The highest BCUT2D eigenvalue weighted by Gasteiger charge is 2.46. The molecule has 7 heterocycles. The quantitative estimate of drug-likeness (QED) is 0.224. The van der Waals surface area contributed by atoms with E-state index in [0.29, 0.717) is 56.4 Å². The van der Waals surface area contributed by atoms with Crippen molar-refractivity contribution in [3.05, 3.63) is 77.1 Å². The number of rotatable bonds is 8. The first-order chi connectivity index (χ1) is 27.2. The fourth-order valence-electron chi connectivity index (χ4n) is 8.99. The van der Waals surface area contributed by atoms with Crippen LogP contribution in [-0.4, -0.2) is 110 Å². The Labute approximate surface area is 322 Å². The molecule has 3 aromatic heterocycles. The van der Waals surface area contributed by atoms with Crippen LogP contribution >= 0.6 is 0 Å². The van der Waals surface area contributed by atoms with Crippen molar-refractivity contribution < 1.29 is 28.8 Å². The minimum atomic E-state index is -1.05. The number of carbonyl (C=O) groups is 6. The second-order valence-electron chi connectivity index (χ2n) is 15.3. The Morgan fingerprint density at radius 1 is 0.929 bits per heavy atom. The van der Waals surface area contributed by atoms with E-state index in [2.05, 4.69) is 30.4 Å². The van der Waals surface area contributed by atoms with Crippen molar-refractivity contribution >= 4 is 57.9 Å². The molecule has 1 unspecified atom stereocenters. The van der Waals surface area contributed by atoms with Gasteiger partial charge in [-0.05, 0) is 49.6 Å². The summed E-state index contributed by atoms with van der Waals surface area (Å²) in [6, 6.07) is 9.75. The van der Waals surface area contributed by atoms with Gasteiger partial charge in [0.1, 0.15) is 23.2 Å². The number of fused-ring (bicyclic) bond motifs is 5. The summed E-state index contributed by atoms with van der Waals surface area (Å²) >= 11 is 0. The van der Waals surface area contributed by atoms with E-state index in [0.717, 1.165) is 53.0 Å². The first-order valence-electron chi connectivity index (χ1n) is 19.4. The molecule has 1 aromatic carbocycles. The van der Waals surface area contributed by atoms with Crippen LogP contribution in [0, 0.1) is 0 Å². The zero-order valence-corrected chi connectivity index (χ0v) is 30.9. The molecule has 3 N–H and O–H groups in total. The third-order valence-corrected chi connectivity index (χ3v) is 11.9. The lowest BCUT2D eigenvalue weighted by molar-refractivity contribution is -0.136. The Bertz CT molecular complexity index is 2290. The molecule has 0 radical (unpaired) electrons. The molecule has 5 aliphatic rings. The molecular formula is C40H42N10O6. The number of hydrogen-bond acceptors (Lipinski definition) is 11. The van der Waals surface area contributed by atoms with Gasteiger partial charge >= 0.3 is 0 Å². The number of hydrogen-bond donors (Lipinski definition) is 3. The minimum absolute atomic E-state index is 0.0259. The van der Waals surface area contributed by atoms with E-state index in [9.17, 15) is 28.8 Å². The van der Waals surface area contributed by atoms with Crippen molar-refractivity contribution in [2.24, 2.45) is 0 Å². The number of aromatic nitrogens is 4. The predicted molar refractivity (Wildman–Crippen MR) is 203 cm³/mol. The summed E-state index contributed by atoms with van der Waals surface area (Å²) < 4.78 is 2.18. The zero-order valence-electron chi connectivity index (χ0n) is 30.9. The summed E-state index contributed by atoms with van der Waals surface area (Å²) in [5.41, 5.74) is 3.91. The molecule has 9 rings (SSSR count). The molecular weight excluding hydrogens is 717 g/mol. The molecule has 2 saturated heterocycles. The van der Waals surface area contributed by atoms with Crippen LogP contribution in [0.25, 0.3) is 11.0 Å². The lowest BCUT2D eigenvalue weighted by Gasteiger charge is -2.42. The fraction of sp³-hybridized carbons (Fsp3) is 0.425. The van der Waals surface area contributed by atoms with Crippen LogP contribution in [0.15, 0.2) is 48.8 Å². The average Bonchev–Trinajstić information content (AvgIpc) is 3.73. The lowest BCUT2D eigenvalue weighted by Crippen LogP contribution is -2.54. The third-order valence-electron chi connectivity index (χ3n) is 11.9. The van der Waals surface area contributed by atoms with Crippen molar-refractivity contribution in [2.75, 3.05) is 49.5 Å². The van der Waals surface area contributed by atoms with E-state index in [1.807, 2.05) is 35.5 Å². The number of anilines is 2. The predicted octanol–water partition coefficient (Wildman–Crippen LogP) is 2.37. The molecule has 4 aromatic rings. The number of nitrogens with one attached hydrogen (secondary N) is 3. The lowest BCUT2D eigenvalue weighted by atomic mass is 9.80. The summed E-state index contributed by atoms with van der Waals surface area (Å²) in [7, 11) is 0. The molecule has 0 bridgehead atoms. The zero-order chi connectivity index (χ0) is 38.6. The molecule has 56 heavy (non-hydrogen) atoms. The van der Waals surface area contributed by atoms with Gasteiger partial charge in [0.25, 0.3) is 17.7 Å². The van der Waals surface area contributed by atoms with E-state index in [1.54, 1.807) is 12.1 Å². The summed E-state index contributed by atoms with van der Waals surface area (Å²) in [6.07, 6.45) is 9.95. The Hall–Kier alpha value is -6.19. The second-order valence-corrected chi connectivity index (χ2v) is 15.3. The SMILES string of the molecule is O=C1CCC(N2C(=O)c3cccc(NCCC(=O)N4CCN(c5ccc(Cc6ncc7cc8n(c7n6)C6(CCCCC6)CNC8=O)nc5)CC4)c3C2=O)C(=O)N1. The molecule has 288 valence electrons. The first-order valence-corrected chi connectivity index (χ1v) is 19.4. The molecule has 1 atom stereocenters. The van der Waals surface area contributed by atoms with E-state index in [1.165, 1.54) is 12.5 Å². The van der Waals surface area contributed by atoms with Crippen LogP contribution < -0.4 is 20.9 Å². The molecule has 6 amide bonds. The van der Waals surface area contributed by atoms with Gasteiger partial charge in [-0.25, -0.2) is 9.97 Å². The van der Waals surface area contributed by atoms with Crippen molar-refractivity contribution in [1.82, 2.24) is 40.0 Å². The molecule has 16 heteroatoms. The summed E-state index contributed by atoms with van der Waals surface area (Å²) in [5.74, 6) is -1.70. The number of imide groups is 2. The highest BCUT2D eigenvalue weighted by atomic mass is 16.2. The van der Waals surface area contributed by atoms with Gasteiger partial charge in [-0.2, -0.15) is 0 Å². The highest BCUT2D eigenvalue weighted by molar-refractivity contribution is 6.25. The Kier molecular flexibility index (Phi) is 8.97. The topological polar surface area (TPSA) is 192 Å². The van der Waals surface area contributed by atoms with Crippen molar-refractivity contribution in [1.29, 1.82) is 0 Å². The molecule has 4 aliphatic heterocycles. The minimum Gasteiger partial charge on any atom is -0.384 e. The number of carbonyl (C=O) groups excluding carboxylic acids is 6. The number of nitrogens with zero attached hydrogens (tertiary/aromatic N) is 7. The maximum absolute atomic E-state index is 13.4. The molecule has 3 fully saturated rings. The van der Waals surface area contributed by atoms with Gasteiger partial charge in [-0.3, -0.25) is 44.0 Å². The van der Waals surface area contributed by atoms with E-state index >= 15 is 0 Å². The highest BCUT2D eigenvalue weighted by Crippen LogP contribution is 2.40. The smallest absolute Gasteiger partial charge is 0.268 e. The maximum Gasteiger partial charge on any atom is 0.268 e. The van der Waals surface area contributed by atoms with Crippen LogP contribution in [-0.2, 0) is 26.3 Å². The van der Waals surface area contributed by atoms with Crippen LogP contribution in [0.1, 0.15) is 94.1 Å². The van der Waals surface area contributed by atoms with E-state index in [-0.39, 0.29) is 54.3 Å². The van der Waals surface area contributed by atoms with Crippen molar-refractivity contribution in [3.63, 3.8) is 0 Å². The van der Waals surface area contributed by atoms with E-state index < -0.39 is 29.7 Å². The van der Waals surface area contributed by atoms with Gasteiger partial charge in [0.15, 0.2) is 0 Å². The third kappa shape index (κ3) is 6.22. The van der Waals surface area contributed by atoms with Gasteiger partial charge in [-0.15, -0.1) is 0 Å². The van der Waals surface area contributed by atoms with Gasteiger partial charge in [0.05, 0.1) is 35.0 Å². The molecule has 1 saturated carbocycles. The Morgan fingerprint density at radius 2 is 1.75 bits per heavy atom. The fourth-order valence-corrected chi connectivity index (χ4v) is 8.99. The van der Waals surface area contributed by atoms with Gasteiger partial charge in [0.2, 0.25) is 17.7 Å². The summed E-state index contributed by atoms with van der Waals surface area (Å²) in [4.78, 5) is 95.9. The largest absolute Gasteiger partial charge is 0.384 e. The normalized spacial score (nSPS) is 20.6. The number of amides is 6. The Balaban J connectivity index is 0.785. The van der Waals surface area contributed by atoms with Crippen LogP contribution in [0.2, 0.25) is 0 Å². The number of piperidine rings is 1. The summed E-state index contributed by atoms with van der Waals surface area (Å²) in [6.45, 7) is 3.26. The van der Waals surface area contributed by atoms with Gasteiger partial charge < -0.3 is 25.0 Å². The van der Waals surface area contributed by atoms with Crippen LogP contribution in [0.3, 0.4) is 0 Å². The van der Waals surface area contributed by atoms with Crippen LogP contribution in [0.4, 0.5) is 11.4 Å². The monoisotopic (exact) mass is 758 g/mol. The van der Waals surface area contributed by atoms with E-state index in [4.69, 9.17) is 9.97 Å². The second kappa shape index (κ2) is 14.1. The van der Waals surface area contributed by atoms with Gasteiger partial charge in [0, 0.05) is 75.1 Å². The van der Waals surface area contributed by atoms with Crippen molar-refractivity contribution in [3.8, 4) is 0 Å². The standard InChI is InChI=1S/C40H42N10O6/c51-32-10-9-29(37(54)46-32)49-38(55)27-5-4-6-28(34(27)39(49)56)41-14-11-33(52)48-17-15-47(16-18-48)26-8-7-25(42-22-26)20-31-43-21-24-19-30-36(53)44-23-40(12-2-1-3-13-40)50(30)35(24)45-31/h4-8,19,21-22,29,41H,1-3,9-18,20,23H2,(H,44,53)(H,46,51,54). The number of benzene rings is 1. The number of pyridine rings is 1. The number of piperazine rings is 1. The summed E-state index contributed by atoms with van der Waals surface area (Å²) in [5, 5.41) is 9.34. The molecule has 1 spiro atoms. The Morgan fingerprint density at radius 3 is 2.52 bits per heavy atom. The van der Waals surface area contributed by atoms with Crippen molar-refractivity contribution in [2.45, 2.75) is 69.4 Å². The van der Waals surface area contributed by atoms with Gasteiger partial charge in [-0.1, -0.05) is 25.3 Å². The first kappa shape index (κ1) is 35.5.